The van der Waals surface area contributed by atoms with E-state index in [-0.39, 0.29) is 12.3 Å². The number of carbonyl (C=O) groups is 2. The van der Waals surface area contributed by atoms with Gasteiger partial charge in [-0.25, -0.2) is 0 Å². The van der Waals surface area contributed by atoms with Gasteiger partial charge in [-0.2, -0.15) is 0 Å². The summed E-state index contributed by atoms with van der Waals surface area (Å²) in [6.45, 7) is 0. The third-order valence-electron chi connectivity index (χ3n) is 3.16. The second-order valence-electron chi connectivity index (χ2n) is 4.77. The highest BCUT2D eigenvalue weighted by molar-refractivity contribution is 8.27. The molecule has 5 nitrogen and oxygen atoms in total. The van der Waals surface area contributed by atoms with E-state index in [1.54, 1.807) is 42.5 Å². The second kappa shape index (κ2) is 6.39. The van der Waals surface area contributed by atoms with E-state index in [0.717, 1.165) is 0 Å². The van der Waals surface area contributed by atoms with E-state index in [2.05, 4.69) is 0 Å². The Labute approximate surface area is 141 Å². The van der Waals surface area contributed by atoms with Crippen molar-refractivity contribution >= 4 is 51.9 Å². The number of furan rings is 1. The SMILES string of the molecule is O=C(O)Cc1ccc(N2C(=O)/C(=C/c3ccco3)SC2=S)cc1. The zero-order valence-electron chi connectivity index (χ0n) is 11.8. The highest BCUT2D eigenvalue weighted by Crippen LogP contribution is 2.36. The molecule has 1 saturated heterocycles. The lowest BCUT2D eigenvalue weighted by Crippen LogP contribution is -2.27. The molecule has 1 aliphatic rings. The third kappa shape index (κ3) is 3.35. The van der Waals surface area contributed by atoms with Crippen molar-refractivity contribution < 1.29 is 19.1 Å². The van der Waals surface area contributed by atoms with Gasteiger partial charge in [0.25, 0.3) is 5.91 Å². The molecular weight excluding hydrogens is 334 g/mol. The first kappa shape index (κ1) is 15.5. The molecule has 0 unspecified atom stereocenters. The van der Waals surface area contributed by atoms with Gasteiger partial charge in [-0.15, -0.1) is 0 Å². The number of carboxylic acids is 1. The van der Waals surface area contributed by atoms with E-state index < -0.39 is 5.97 Å². The van der Waals surface area contributed by atoms with Gasteiger partial charge in [-0.05, 0) is 29.8 Å². The Kier molecular flexibility index (Phi) is 4.31. The van der Waals surface area contributed by atoms with Crippen molar-refractivity contribution in [2.45, 2.75) is 6.42 Å². The normalized spacial score (nSPS) is 16.3. The summed E-state index contributed by atoms with van der Waals surface area (Å²) in [5, 5.41) is 8.78. The van der Waals surface area contributed by atoms with E-state index in [4.69, 9.17) is 21.7 Å². The molecule has 2 heterocycles. The van der Waals surface area contributed by atoms with Crippen molar-refractivity contribution in [3.63, 3.8) is 0 Å². The molecule has 116 valence electrons. The van der Waals surface area contributed by atoms with Crippen LogP contribution in [0.15, 0.2) is 52.0 Å². The van der Waals surface area contributed by atoms with E-state index >= 15 is 0 Å². The minimum Gasteiger partial charge on any atom is -0.481 e. The highest BCUT2D eigenvalue weighted by Gasteiger charge is 2.33. The van der Waals surface area contributed by atoms with Crippen LogP contribution >= 0.6 is 24.0 Å². The van der Waals surface area contributed by atoms with Crippen molar-refractivity contribution in [2.24, 2.45) is 0 Å². The summed E-state index contributed by atoms with van der Waals surface area (Å²) in [5.74, 6) is -0.533. The van der Waals surface area contributed by atoms with Gasteiger partial charge in [0.05, 0.1) is 23.3 Å². The minimum atomic E-state index is -0.898. The van der Waals surface area contributed by atoms with Gasteiger partial charge in [0, 0.05) is 6.08 Å². The molecule has 0 bridgehead atoms. The van der Waals surface area contributed by atoms with Crippen LogP contribution in [0.4, 0.5) is 5.69 Å². The molecule has 23 heavy (non-hydrogen) atoms. The van der Waals surface area contributed by atoms with Gasteiger partial charge in [0.15, 0.2) is 4.32 Å². The Morgan fingerprint density at radius 2 is 2.04 bits per heavy atom. The number of rotatable bonds is 4. The number of hydrogen-bond donors (Lipinski definition) is 1. The lowest BCUT2D eigenvalue weighted by Gasteiger charge is -2.14. The molecule has 0 saturated carbocycles. The van der Waals surface area contributed by atoms with Gasteiger partial charge >= 0.3 is 5.97 Å². The Morgan fingerprint density at radius 3 is 2.65 bits per heavy atom. The summed E-state index contributed by atoms with van der Waals surface area (Å²) in [5.41, 5.74) is 1.28. The smallest absolute Gasteiger partial charge is 0.307 e. The number of hydrogen-bond acceptors (Lipinski definition) is 5. The Balaban J connectivity index is 1.84. The number of anilines is 1. The molecule has 1 aliphatic heterocycles. The first-order chi connectivity index (χ1) is 11.0. The number of thiocarbonyl (C=S) groups is 1. The average molecular weight is 345 g/mol. The van der Waals surface area contributed by atoms with Crippen LogP contribution in [0.5, 0.6) is 0 Å². The second-order valence-corrected chi connectivity index (χ2v) is 6.45. The van der Waals surface area contributed by atoms with Crippen LogP contribution in [-0.4, -0.2) is 21.3 Å². The summed E-state index contributed by atoms with van der Waals surface area (Å²) in [4.78, 5) is 25.1. The first-order valence-corrected chi connectivity index (χ1v) is 7.89. The molecule has 1 aromatic carbocycles. The molecule has 0 spiro atoms. The monoisotopic (exact) mass is 345 g/mol. The number of carbonyl (C=O) groups excluding carboxylic acids is 1. The average Bonchev–Trinajstić information content (AvgIpc) is 3.09. The van der Waals surface area contributed by atoms with Crippen molar-refractivity contribution in [2.75, 3.05) is 4.90 Å². The fourth-order valence-electron chi connectivity index (χ4n) is 2.13. The largest absolute Gasteiger partial charge is 0.481 e. The number of carboxylic acid groups (broad SMARTS) is 1. The minimum absolute atomic E-state index is 0.0585. The summed E-state index contributed by atoms with van der Waals surface area (Å²) in [6.07, 6.45) is 3.13. The van der Waals surface area contributed by atoms with Crippen molar-refractivity contribution in [3.05, 3.63) is 58.9 Å². The maximum absolute atomic E-state index is 12.5. The molecule has 0 aliphatic carbocycles. The number of amides is 1. The highest BCUT2D eigenvalue weighted by atomic mass is 32.2. The summed E-state index contributed by atoms with van der Waals surface area (Å²) < 4.78 is 5.64. The van der Waals surface area contributed by atoms with E-state index in [1.807, 2.05) is 0 Å². The summed E-state index contributed by atoms with van der Waals surface area (Å²) >= 11 is 6.48. The Morgan fingerprint density at radius 1 is 1.30 bits per heavy atom. The van der Waals surface area contributed by atoms with Crippen LogP contribution in [0, 0.1) is 0 Å². The predicted molar refractivity (Wildman–Crippen MR) is 92.1 cm³/mol. The van der Waals surface area contributed by atoms with Crippen LogP contribution in [0.2, 0.25) is 0 Å². The molecule has 1 N–H and O–H groups in total. The van der Waals surface area contributed by atoms with Gasteiger partial charge in [-0.3, -0.25) is 14.5 Å². The predicted octanol–water partition coefficient (Wildman–Crippen LogP) is 3.31. The van der Waals surface area contributed by atoms with Crippen molar-refractivity contribution in [3.8, 4) is 0 Å². The first-order valence-electron chi connectivity index (χ1n) is 6.67. The van der Waals surface area contributed by atoms with Gasteiger partial charge < -0.3 is 9.52 Å². The number of nitrogens with zero attached hydrogens (tertiary/aromatic N) is 1. The Bertz CT molecular complexity index is 794. The van der Waals surface area contributed by atoms with E-state index in [1.165, 1.54) is 22.9 Å². The van der Waals surface area contributed by atoms with E-state index in [0.29, 0.717) is 26.2 Å². The molecule has 3 rings (SSSR count). The zero-order chi connectivity index (χ0) is 16.4. The Hall–Kier alpha value is -2.38. The van der Waals surface area contributed by atoms with Gasteiger partial charge in [0.1, 0.15) is 5.76 Å². The van der Waals surface area contributed by atoms with Crippen LogP contribution in [0.1, 0.15) is 11.3 Å². The lowest BCUT2D eigenvalue weighted by atomic mass is 10.1. The van der Waals surface area contributed by atoms with Crippen LogP contribution in [0.3, 0.4) is 0 Å². The molecule has 1 fully saturated rings. The molecule has 1 aromatic heterocycles. The van der Waals surface area contributed by atoms with Crippen LogP contribution in [0.25, 0.3) is 6.08 Å². The van der Waals surface area contributed by atoms with Crippen LogP contribution < -0.4 is 4.90 Å². The zero-order valence-corrected chi connectivity index (χ0v) is 13.4. The number of aliphatic carboxylic acids is 1. The quantitative estimate of drug-likeness (QED) is 0.677. The van der Waals surface area contributed by atoms with Crippen molar-refractivity contribution in [1.82, 2.24) is 0 Å². The van der Waals surface area contributed by atoms with Gasteiger partial charge in [0.2, 0.25) is 0 Å². The number of thioether (sulfide) groups is 1. The molecule has 1 amide bonds. The third-order valence-corrected chi connectivity index (χ3v) is 4.46. The fourth-order valence-corrected chi connectivity index (χ4v) is 3.41. The lowest BCUT2D eigenvalue weighted by molar-refractivity contribution is -0.136. The fraction of sp³-hybridized carbons (Fsp3) is 0.0625. The molecule has 2 aromatic rings. The topological polar surface area (TPSA) is 70.8 Å². The maximum Gasteiger partial charge on any atom is 0.307 e. The summed E-state index contributed by atoms with van der Waals surface area (Å²) in [6, 6.07) is 10.2. The molecule has 7 heteroatoms. The summed E-state index contributed by atoms with van der Waals surface area (Å²) in [7, 11) is 0. The molecule has 0 radical (unpaired) electrons. The van der Waals surface area contributed by atoms with Crippen LogP contribution in [-0.2, 0) is 16.0 Å². The van der Waals surface area contributed by atoms with E-state index in [9.17, 15) is 9.59 Å². The number of benzene rings is 1. The molecule has 0 atom stereocenters. The molecular formula is C16H11NO4S2. The maximum atomic E-state index is 12.5. The van der Waals surface area contributed by atoms with Gasteiger partial charge in [-0.1, -0.05) is 36.1 Å². The standard InChI is InChI=1S/C16H11NO4S2/c18-14(19)8-10-3-5-11(6-4-10)17-15(20)13(23-16(17)22)9-12-2-1-7-21-12/h1-7,9H,8H2,(H,18,19)/b13-9-. The van der Waals surface area contributed by atoms with Crippen molar-refractivity contribution in [1.29, 1.82) is 0 Å².